The molecule has 4 aromatic rings. The second kappa shape index (κ2) is 12.3. The predicted octanol–water partition coefficient (Wildman–Crippen LogP) is 6.62. The molecule has 4 aromatic carbocycles. The van der Waals surface area contributed by atoms with Gasteiger partial charge in [-0.15, -0.1) is 0 Å². The number of fused-ring (bicyclic) bond motifs is 1. The second-order valence-corrected chi connectivity index (χ2v) is 10.4. The van der Waals surface area contributed by atoms with E-state index in [0.717, 1.165) is 50.7 Å². The topological polar surface area (TPSA) is 89.1 Å². The molecule has 0 saturated carbocycles. The van der Waals surface area contributed by atoms with Gasteiger partial charge in [-0.2, -0.15) is 0 Å². The Morgan fingerprint density at radius 3 is 2.31 bits per heavy atom. The Bertz CT molecular complexity index is 1590. The number of ether oxygens (including phenoxy) is 3. The zero-order chi connectivity index (χ0) is 29.8. The van der Waals surface area contributed by atoms with Crippen LogP contribution in [0.3, 0.4) is 0 Å². The molecule has 8 heteroatoms. The molecule has 0 aromatic heterocycles. The Balaban J connectivity index is 1.46. The molecule has 0 radical (unpaired) electrons. The zero-order valence-corrected chi connectivity index (χ0v) is 24.5. The number of methoxy groups -OCH3 is 2. The van der Waals surface area contributed by atoms with E-state index >= 15 is 0 Å². The first-order valence-corrected chi connectivity index (χ1v) is 13.7. The van der Waals surface area contributed by atoms with Crippen molar-refractivity contribution in [1.29, 1.82) is 0 Å². The second-order valence-electron chi connectivity index (χ2n) is 10.4. The van der Waals surface area contributed by atoms with Crippen LogP contribution in [-0.2, 0) is 17.9 Å². The number of hydrogen-bond donors (Lipinski definition) is 2. The number of anilines is 2. The summed E-state index contributed by atoms with van der Waals surface area (Å²) in [6.45, 7) is 6.06. The lowest BCUT2D eigenvalue weighted by atomic mass is 10.0. The van der Waals surface area contributed by atoms with Gasteiger partial charge < -0.3 is 29.7 Å². The molecule has 2 N–H and O–H groups in total. The lowest BCUT2D eigenvalue weighted by molar-refractivity contribution is -0.114. The van der Waals surface area contributed by atoms with Crippen molar-refractivity contribution in [2.75, 3.05) is 24.9 Å². The average Bonchev–Trinajstić information content (AvgIpc) is 2.98. The molecule has 0 bridgehead atoms. The van der Waals surface area contributed by atoms with E-state index in [1.54, 1.807) is 14.2 Å². The van der Waals surface area contributed by atoms with Crippen LogP contribution >= 0.6 is 0 Å². The molecule has 1 unspecified atom stereocenters. The van der Waals surface area contributed by atoms with Gasteiger partial charge in [0.15, 0.2) is 0 Å². The molecule has 1 aliphatic rings. The van der Waals surface area contributed by atoms with Crippen LogP contribution in [0.1, 0.15) is 51.3 Å². The fourth-order valence-corrected chi connectivity index (χ4v) is 5.33. The number of nitrogens with one attached hydrogen (secondary N) is 2. The highest BCUT2D eigenvalue weighted by Crippen LogP contribution is 2.36. The van der Waals surface area contributed by atoms with E-state index in [2.05, 4.69) is 10.6 Å². The quantitative estimate of drug-likeness (QED) is 0.237. The van der Waals surface area contributed by atoms with Crippen molar-refractivity contribution in [2.24, 2.45) is 0 Å². The monoisotopic (exact) mass is 565 g/mol. The van der Waals surface area contributed by atoms with Crippen LogP contribution in [0, 0.1) is 13.8 Å². The van der Waals surface area contributed by atoms with Crippen LogP contribution in [0.25, 0.3) is 0 Å². The smallest absolute Gasteiger partial charge is 0.258 e. The van der Waals surface area contributed by atoms with Gasteiger partial charge in [-0.1, -0.05) is 30.3 Å². The Morgan fingerprint density at radius 2 is 1.64 bits per heavy atom. The normalized spacial score (nSPS) is 14.1. The minimum atomic E-state index is -0.417. The van der Waals surface area contributed by atoms with E-state index in [1.165, 1.54) is 6.92 Å². The molecule has 1 heterocycles. The van der Waals surface area contributed by atoms with E-state index in [4.69, 9.17) is 14.2 Å². The molecule has 216 valence electrons. The van der Waals surface area contributed by atoms with Gasteiger partial charge in [-0.25, -0.2) is 0 Å². The van der Waals surface area contributed by atoms with Crippen molar-refractivity contribution in [3.05, 3.63) is 112 Å². The summed E-state index contributed by atoms with van der Waals surface area (Å²) >= 11 is 0. The number of nitrogens with zero attached hydrogens (tertiary/aromatic N) is 1. The van der Waals surface area contributed by atoms with Crippen LogP contribution in [0.5, 0.6) is 17.2 Å². The van der Waals surface area contributed by atoms with Crippen molar-refractivity contribution < 1.29 is 23.8 Å². The summed E-state index contributed by atoms with van der Waals surface area (Å²) in [5, 5.41) is 6.41. The van der Waals surface area contributed by atoms with Crippen LogP contribution in [-0.4, -0.2) is 30.9 Å². The fourth-order valence-electron chi connectivity index (χ4n) is 5.33. The van der Waals surface area contributed by atoms with Gasteiger partial charge in [0.1, 0.15) is 30.0 Å². The molecule has 0 saturated heterocycles. The van der Waals surface area contributed by atoms with Crippen molar-refractivity contribution in [3.8, 4) is 17.2 Å². The summed E-state index contributed by atoms with van der Waals surface area (Å²) in [4.78, 5) is 27.2. The molecule has 0 spiro atoms. The number of para-hydroxylation sites is 1. The van der Waals surface area contributed by atoms with Gasteiger partial charge in [0.25, 0.3) is 5.91 Å². The summed E-state index contributed by atoms with van der Waals surface area (Å²) < 4.78 is 17.3. The lowest BCUT2D eigenvalue weighted by Crippen LogP contribution is -2.42. The molecule has 8 nitrogen and oxygen atoms in total. The summed E-state index contributed by atoms with van der Waals surface area (Å²) in [5.41, 5.74) is 6.71. The van der Waals surface area contributed by atoms with E-state index in [1.807, 2.05) is 97.6 Å². The number of carbonyl (C=O) groups excluding carboxylic acids is 2. The zero-order valence-electron chi connectivity index (χ0n) is 24.5. The third-order valence-corrected chi connectivity index (χ3v) is 7.31. The average molecular weight is 566 g/mol. The van der Waals surface area contributed by atoms with Crippen molar-refractivity contribution in [1.82, 2.24) is 4.90 Å². The largest absolute Gasteiger partial charge is 0.497 e. The number of aryl methyl sites for hydroxylation is 2. The van der Waals surface area contributed by atoms with E-state index < -0.39 is 6.17 Å². The van der Waals surface area contributed by atoms with Crippen LogP contribution < -0.4 is 24.8 Å². The Labute approximate surface area is 246 Å². The minimum Gasteiger partial charge on any atom is -0.497 e. The lowest BCUT2D eigenvalue weighted by Gasteiger charge is -2.38. The molecule has 1 atom stereocenters. The SMILES string of the molecule is COc1ccc(CN2C(=O)c3ccccc3NC2c2ccc(OC)c(COc3c(C)cc(NC(C)=O)cc3C)c2)cc1. The van der Waals surface area contributed by atoms with Gasteiger partial charge >= 0.3 is 0 Å². The maximum atomic E-state index is 13.8. The fraction of sp³-hybridized carbons (Fsp3) is 0.235. The molecular formula is C34H35N3O5. The van der Waals surface area contributed by atoms with Crippen molar-refractivity contribution in [2.45, 2.75) is 40.1 Å². The summed E-state index contributed by atoms with van der Waals surface area (Å²) in [6, 6.07) is 25.0. The number of amides is 2. The van der Waals surface area contributed by atoms with E-state index in [-0.39, 0.29) is 18.4 Å². The number of carbonyl (C=O) groups is 2. The summed E-state index contributed by atoms with van der Waals surface area (Å²) in [7, 11) is 3.26. The Morgan fingerprint density at radius 1 is 0.929 bits per heavy atom. The van der Waals surface area contributed by atoms with Crippen LogP contribution in [0.4, 0.5) is 11.4 Å². The van der Waals surface area contributed by atoms with E-state index in [0.29, 0.717) is 17.9 Å². The maximum Gasteiger partial charge on any atom is 0.258 e. The molecule has 2 amide bonds. The summed E-state index contributed by atoms with van der Waals surface area (Å²) in [6.07, 6.45) is -0.417. The highest BCUT2D eigenvalue weighted by Gasteiger charge is 2.33. The van der Waals surface area contributed by atoms with Crippen LogP contribution in [0.15, 0.2) is 78.9 Å². The highest BCUT2D eigenvalue weighted by molar-refractivity contribution is 6.01. The molecule has 5 rings (SSSR count). The molecule has 42 heavy (non-hydrogen) atoms. The third-order valence-electron chi connectivity index (χ3n) is 7.31. The van der Waals surface area contributed by atoms with Gasteiger partial charge in [0.05, 0.1) is 19.8 Å². The predicted molar refractivity (Wildman–Crippen MR) is 163 cm³/mol. The Hall–Kier alpha value is -4.98. The molecule has 0 aliphatic carbocycles. The van der Waals surface area contributed by atoms with Crippen molar-refractivity contribution >= 4 is 23.2 Å². The molecular weight excluding hydrogens is 530 g/mol. The summed E-state index contributed by atoms with van der Waals surface area (Å²) in [5.74, 6) is 2.02. The van der Waals surface area contributed by atoms with Gasteiger partial charge in [-0.3, -0.25) is 9.59 Å². The van der Waals surface area contributed by atoms with E-state index in [9.17, 15) is 9.59 Å². The number of rotatable bonds is 9. The van der Waals surface area contributed by atoms with Gasteiger partial charge in [0.2, 0.25) is 5.91 Å². The highest BCUT2D eigenvalue weighted by atomic mass is 16.5. The van der Waals surface area contributed by atoms with Crippen molar-refractivity contribution in [3.63, 3.8) is 0 Å². The minimum absolute atomic E-state index is 0.0516. The number of benzene rings is 4. The third kappa shape index (κ3) is 6.02. The first-order chi connectivity index (χ1) is 20.3. The van der Waals surface area contributed by atoms with Gasteiger partial charge in [-0.05, 0) is 84.6 Å². The Kier molecular flexibility index (Phi) is 8.33. The van der Waals surface area contributed by atoms with Crippen LogP contribution in [0.2, 0.25) is 0 Å². The first-order valence-electron chi connectivity index (χ1n) is 13.7. The molecule has 0 fully saturated rings. The first kappa shape index (κ1) is 28.5. The number of hydrogen-bond acceptors (Lipinski definition) is 6. The standard InChI is InChI=1S/C34H35N3O5/c1-21-16-27(35-23(3)38)17-22(2)32(21)42-20-26-18-25(12-15-31(26)41-5)33-36-30-9-7-6-8-29(30)34(39)37(33)19-24-10-13-28(40-4)14-11-24/h6-18,33,36H,19-20H2,1-5H3,(H,35,38). The maximum absolute atomic E-state index is 13.8. The van der Waals surface area contributed by atoms with Gasteiger partial charge in [0, 0.05) is 30.4 Å². The molecule has 1 aliphatic heterocycles.